The Bertz CT molecular complexity index is 1040. The highest BCUT2D eigenvalue weighted by molar-refractivity contribution is 6.39. The molecule has 1 aliphatic rings. The van der Waals surface area contributed by atoms with Crippen LogP contribution < -0.4 is 5.32 Å². The zero-order valence-corrected chi connectivity index (χ0v) is 18.6. The predicted octanol–water partition coefficient (Wildman–Crippen LogP) is 4.18. The van der Waals surface area contributed by atoms with E-state index in [2.05, 4.69) is 58.7 Å². The maximum atomic E-state index is 12.8. The summed E-state index contributed by atoms with van der Waals surface area (Å²) in [6.07, 6.45) is 0. The second kappa shape index (κ2) is 9.79. The van der Waals surface area contributed by atoms with Crippen molar-refractivity contribution in [2.45, 2.75) is 19.9 Å². The minimum atomic E-state index is -0.574. The molecule has 1 saturated heterocycles. The fourth-order valence-corrected chi connectivity index (χ4v) is 4.26. The average molecular weight is 428 g/mol. The van der Waals surface area contributed by atoms with Crippen molar-refractivity contribution in [3.8, 4) is 0 Å². The number of nitrogens with one attached hydrogen (secondary N) is 1. The number of rotatable bonds is 4. The minimum absolute atomic E-state index is 0.124. The molecule has 0 aromatic heterocycles. The van der Waals surface area contributed by atoms with Gasteiger partial charge >= 0.3 is 11.8 Å². The van der Waals surface area contributed by atoms with Crippen LogP contribution in [0.25, 0.3) is 0 Å². The SMILES string of the molecule is Cc1ccc(C)c(NC(=O)C(=O)N2CCN(C(c3ccccc3)c3ccccc3)CC2)c1. The predicted molar refractivity (Wildman–Crippen MR) is 127 cm³/mol. The van der Waals surface area contributed by atoms with Crippen LogP contribution in [0.4, 0.5) is 5.69 Å². The second-order valence-electron chi connectivity index (χ2n) is 8.32. The van der Waals surface area contributed by atoms with Crippen molar-refractivity contribution in [2.75, 3.05) is 31.5 Å². The van der Waals surface area contributed by atoms with Crippen LogP contribution in [-0.2, 0) is 9.59 Å². The molecule has 0 bridgehead atoms. The van der Waals surface area contributed by atoms with E-state index < -0.39 is 11.8 Å². The van der Waals surface area contributed by atoms with Crippen molar-refractivity contribution in [3.63, 3.8) is 0 Å². The molecule has 1 N–H and O–H groups in total. The molecule has 0 atom stereocenters. The lowest BCUT2D eigenvalue weighted by atomic mass is 9.96. The number of aryl methyl sites for hydroxylation is 2. The van der Waals surface area contributed by atoms with Crippen LogP contribution in [0.2, 0.25) is 0 Å². The van der Waals surface area contributed by atoms with Crippen LogP contribution in [0, 0.1) is 13.8 Å². The van der Waals surface area contributed by atoms with Gasteiger partial charge in [0.15, 0.2) is 0 Å². The highest BCUT2D eigenvalue weighted by atomic mass is 16.2. The van der Waals surface area contributed by atoms with Crippen LogP contribution in [0.3, 0.4) is 0 Å². The van der Waals surface area contributed by atoms with Gasteiger partial charge in [0, 0.05) is 31.9 Å². The number of amides is 2. The number of hydrogen-bond donors (Lipinski definition) is 1. The van der Waals surface area contributed by atoms with Gasteiger partial charge in [0.1, 0.15) is 0 Å². The fraction of sp³-hybridized carbons (Fsp3) is 0.259. The first-order valence-corrected chi connectivity index (χ1v) is 11.0. The number of piperazine rings is 1. The largest absolute Gasteiger partial charge is 0.332 e. The van der Waals surface area contributed by atoms with Crippen molar-refractivity contribution in [1.29, 1.82) is 0 Å². The first-order chi connectivity index (χ1) is 15.5. The number of nitrogens with zero attached hydrogens (tertiary/aromatic N) is 2. The fourth-order valence-electron chi connectivity index (χ4n) is 4.26. The molecule has 5 nitrogen and oxygen atoms in total. The van der Waals surface area contributed by atoms with Crippen molar-refractivity contribution in [1.82, 2.24) is 9.80 Å². The molecule has 3 aromatic carbocycles. The van der Waals surface area contributed by atoms with E-state index in [1.54, 1.807) is 4.90 Å². The van der Waals surface area contributed by atoms with E-state index in [4.69, 9.17) is 0 Å². The molecule has 32 heavy (non-hydrogen) atoms. The third-order valence-electron chi connectivity index (χ3n) is 6.03. The molecular weight excluding hydrogens is 398 g/mol. The van der Waals surface area contributed by atoms with Crippen LogP contribution in [0.1, 0.15) is 28.3 Å². The summed E-state index contributed by atoms with van der Waals surface area (Å²) >= 11 is 0. The molecule has 164 valence electrons. The van der Waals surface area contributed by atoms with Gasteiger partial charge in [0.05, 0.1) is 6.04 Å². The van der Waals surface area contributed by atoms with Gasteiger partial charge in [0.2, 0.25) is 0 Å². The Morgan fingerprint density at radius 3 is 1.91 bits per heavy atom. The molecule has 2 amide bonds. The summed E-state index contributed by atoms with van der Waals surface area (Å²) in [6.45, 7) is 6.34. The first-order valence-electron chi connectivity index (χ1n) is 11.0. The van der Waals surface area contributed by atoms with Crippen LogP contribution in [0.15, 0.2) is 78.9 Å². The van der Waals surface area contributed by atoms with Gasteiger partial charge in [-0.25, -0.2) is 0 Å². The molecule has 5 heteroatoms. The molecule has 0 radical (unpaired) electrons. The third-order valence-corrected chi connectivity index (χ3v) is 6.03. The lowest BCUT2D eigenvalue weighted by Crippen LogP contribution is -2.52. The zero-order valence-electron chi connectivity index (χ0n) is 18.6. The molecule has 4 rings (SSSR count). The van der Waals surface area contributed by atoms with Gasteiger partial charge in [-0.15, -0.1) is 0 Å². The van der Waals surface area contributed by atoms with Crippen LogP contribution in [-0.4, -0.2) is 47.8 Å². The van der Waals surface area contributed by atoms with Crippen molar-refractivity contribution in [3.05, 3.63) is 101 Å². The number of benzene rings is 3. The zero-order chi connectivity index (χ0) is 22.5. The Morgan fingerprint density at radius 1 is 0.781 bits per heavy atom. The molecule has 0 unspecified atom stereocenters. The molecule has 1 fully saturated rings. The lowest BCUT2D eigenvalue weighted by Gasteiger charge is -2.39. The van der Waals surface area contributed by atoms with Gasteiger partial charge in [0.25, 0.3) is 0 Å². The normalized spacial score (nSPS) is 14.4. The van der Waals surface area contributed by atoms with E-state index in [0.29, 0.717) is 31.9 Å². The monoisotopic (exact) mass is 427 g/mol. The Balaban J connectivity index is 1.43. The molecule has 0 saturated carbocycles. The van der Waals surface area contributed by atoms with Gasteiger partial charge in [-0.1, -0.05) is 72.8 Å². The molecule has 1 heterocycles. The van der Waals surface area contributed by atoms with Crippen molar-refractivity contribution < 1.29 is 9.59 Å². The maximum Gasteiger partial charge on any atom is 0.313 e. The van der Waals surface area contributed by atoms with E-state index >= 15 is 0 Å². The number of carbonyl (C=O) groups is 2. The molecule has 3 aromatic rings. The maximum absolute atomic E-state index is 12.8. The van der Waals surface area contributed by atoms with Gasteiger partial charge in [-0.2, -0.15) is 0 Å². The highest BCUT2D eigenvalue weighted by Crippen LogP contribution is 2.29. The Kier molecular flexibility index (Phi) is 6.66. The standard InChI is InChI=1S/C27H29N3O2/c1-20-13-14-21(2)24(19-20)28-26(31)27(32)30-17-15-29(16-18-30)25(22-9-5-3-6-10-22)23-11-7-4-8-12-23/h3-14,19,25H,15-18H2,1-2H3,(H,28,31). The van der Waals surface area contributed by atoms with Gasteiger partial charge in [-0.05, 0) is 42.2 Å². The van der Waals surface area contributed by atoms with Crippen LogP contribution in [0.5, 0.6) is 0 Å². The van der Waals surface area contributed by atoms with Gasteiger partial charge in [-0.3, -0.25) is 14.5 Å². The topological polar surface area (TPSA) is 52.7 Å². The lowest BCUT2D eigenvalue weighted by molar-refractivity contribution is -0.144. The smallest absolute Gasteiger partial charge is 0.313 e. The number of carbonyl (C=O) groups excluding carboxylic acids is 2. The quantitative estimate of drug-likeness (QED) is 0.636. The average Bonchev–Trinajstić information content (AvgIpc) is 2.83. The molecular formula is C27H29N3O2. The van der Waals surface area contributed by atoms with E-state index in [0.717, 1.165) is 11.1 Å². The first kappa shape index (κ1) is 21.8. The summed E-state index contributed by atoms with van der Waals surface area (Å²) in [5, 5.41) is 2.79. The third kappa shape index (κ3) is 4.89. The minimum Gasteiger partial charge on any atom is -0.332 e. The van der Waals surface area contributed by atoms with Crippen molar-refractivity contribution in [2.24, 2.45) is 0 Å². The highest BCUT2D eigenvalue weighted by Gasteiger charge is 2.30. The summed E-state index contributed by atoms with van der Waals surface area (Å²) in [4.78, 5) is 29.5. The van der Waals surface area contributed by atoms with E-state index in [1.165, 1.54) is 11.1 Å². The van der Waals surface area contributed by atoms with Crippen LogP contribution >= 0.6 is 0 Å². The Hall–Kier alpha value is -3.44. The summed E-state index contributed by atoms with van der Waals surface area (Å²) in [5.41, 5.74) is 5.13. The van der Waals surface area contributed by atoms with Gasteiger partial charge < -0.3 is 10.2 Å². The summed E-state index contributed by atoms with van der Waals surface area (Å²) < 4.78 is 0. The molecule has 1 aliphatic heterocycles. The Labute approximate surface area is 189 Å². The molecule has 0 aliphatic carbocycles. The van der Waals surface area contributed by atoms with Crippen molar-refractivity contribution >= 4 is 17.5 Å². The Morgan fingerprint density at radius 2 is 1.34 bits per heavy atom. The number of hydrogen-bond acceptors (Lipinski definition) is 3. The van der Waals surface area contributed by atoms with E-state index in [9.17, 15) is 9.59 Å². The molecule has 0 spiro atoms. The summed E-state index contributed by atoms with van der Waals surface area (Å²) in [6, 6.07) is 26.8. The van der Waals surface area contributed by atoms with E-state index in [1.807, 2.05) is 44.2 Å². The second-order valence-corrected chi connectivity index (χ2v) is 8.32. The summed E-state index contributed by atoms with van der Waals surface area (Å²) in [7, 11) is 0. The van der Waals surface area contributed by atoms with E-state index in [-0.39, 0.29) is 6.04 Å². The number of anilines is 1. The summed E-state index contributed by atoms with van der Waals surface area (Å²) in [5.74, 6) is -1.05.